The molecule has 2 aliphatic heterocycles. The first-order valence-electron chi connectivity index (χ1n) is 8.60. The van der Waals surface area contributed by atoms with E-state index in [2.05, 4.69) is 6.58 Å². The predicted molar refractivity (Wildman–Crippen MR) is 87.6 cm³/mol. The van der Waals surface area contributed by atoms with E-state index in [9.17, 15) is 4.79 Å². The quantitative estimate of drug-likeness (QED) is 0.708. The minimum atomic E-state index is -0.498. The number of methoxy groups -OCH3 is 1. The predicted octanol–water partition coefficient (Wildman–Crippen LogP) is 2.88. The van der Waals surface area contributed by atoms with Crippen molar-refractivity contribution in [2.75, 3.05) is 40.0 Å². The summed E-state index contributed by atoms with van der Waals surface area (Å²) < 4.78 is 10.6. The lowest BCUT2D eigenvalue weighted by Gasteiger charge is -2.40. The molecule has 4 heteroatoms. The summed E-state index contributed by atoms with van der Waals surface area (Å²) in [6.45, 7) is 10.0. The topological polar surface area (TPSA) is 38.8 Å². The highest BCUT2D eigenvalue weighted by molar-refractivity contribution is 5.84. The van der Waals surface area contributed by atoms with Gasteiger partial charge < -0.3 is 14.4 Å². The van der Waals surface area contributed by atoms with Crippen LogP contribution in [0.5, 0.6) is 0 Å². The Morgan fingerprint density at radius 3 is 2.41 bits per heavy atom. The Balaban J connectivity index is 1.86. The van der Waals surface area contributed by atoms with E-state index in [4.69, 9.17) is 9.47 Å². The van der Waals surface area contributed by atoms with E-state index in [0.717, 1.165) is 51.0 Å². The molecule has 2 heterocycles. The second kappa shape index (κ2) is 8.11. The lowest BCUT2D eigenvalue weighted by atomic mass is 9.79. The Morgan fingerprint density at radius 2 is 1.86 bits per heavy atom. The van der Waals surface area contributed by atoms with Crippen LogP contribution < -0.4 is 0 Å². The van der Waals surface area contributed by atoms with Gasteiger partial charge in [0.15, 0.2) is 0 Å². The Hall–Kier alpha value is -0.870. The van der Waals surface area contributed by atoms with Gasteiger partial charge in [-0.2, -0.15) is 0 Å². The average molecular weight is 309 g/mol. The maximum absolute atomic E-state index is 12.8. The van der Waals surface area contributed by atoms with E-state index in [1.54, 1.807) is 13.2 Å². The molecule has 0 aliphatic carbocycles. The van der Waals surface area contributed by atoms with Gasteiger partial charge in [-0.1, -0.05) is 6.08 Å². The van der Waals surface area contributed by atoms with Crippen LogP contribution in [0.4, 0.5) is 0 Å². The summed E-state index contributed by atoms with van der Waals surface area (Å²) in [4.78, 5) is 14.9. The summed E-state index contributed by atoms with van der Waals surface area (Å²) in [6, 6.07) is 0. The Kier molecular flexibility index (Phi) is 6.45. The van der Waals surface area contributed by atoms with Crippen molar-refractivity contribution in [3.05, 3.63) is 12.7 Å². The van der Waals surface area contributed by atoms with Crippen LogP contribution in [-0.2, 0) is 14.3 Å². The van der Waals surface area contributed by atoms with Gasteiger partial charge in [0, 0.05) is 40.0 Å². The molecular weight excluding hydrogens is 278 g/mol. The highest BCUT2D eigenvalue weighted by Crippen LogP contribution is 2.34. The molecule has 0 bridgehead atoms. The molecule has 0 aromatic rings. The third kappa shape index (κ3) is 4.11. The Bertz CT molecular complexity index is 371. The molecule has 126 valence electrons. The van der Waals surface area contributed by atoms with Gasteiger partial charge >= 0.3 is 0 Å². The van der Waals surface area contributed by atoms with Crippen LogP contribution in [-0.4, -0.2) is 50.8 Å². The highest BCUT2D eigenvalue weighted by atomic mass is 16.5. The number of nitrogens with zero attached hydrogens (tertiary/aromatic N) is 1. The zero-order valence-corrected chi connectivity index (χ0v) is 14.2. The van der Waals surface area contributed by atoms with Gasteiger partial charge in [-0.3, -0.25) is 4.79 Å². The fraction of sp³-hybridized carbons (Fsp3) is 0.833. The molecular formula is C18H31NO3. The standard InChI is InChI=1S/C18H31NO3/c1-4-18(2,9-14-21-3)17(20)19-10-5-15(6-11-19)16-7-12-22-13-8-16/h4,15-16H,1,5-14H2,2-3H3. The molecule has 22 heavy (non-hydrogen) atoms. The number of likely N-dealkylation sites (tertiary alicyclic amines) is 1. The van der Waals surface area contributed by atoms with Gasteiger partial charge in [0.25, 0.3) is 0 Å². The summed E-state index contributed by atoms with van der Waals surface area (Å²) in [6.07, 6.45) is 7.14. The van der Waals surface area contributed by atoms with Crippen LogP contribution in [0.25, 0.3) is 0 Å². The Labute approximate surface area is 134 Å². The van der Waals surface area contributed by atoms with Gasteiger partial charge in [-0.05, 0) is 50.9 Å². The Morgan fingerprint density at radius 1 is 1.27 bits per heavy atom. The summed E-state index contributed by atoms with van der Waals surface area (Å²) >= 11 is 0. The largest absolute Gasteiger partial charge is 0.385 e. The van der Waals surface area contributed by atoms with Gasteiger partial charge in [0.2, 0.25) is 5.91 Å². The molecule has 0 spiro atoms. The van der Waals surface area contributed by atoms with E-state index in [0.29, 0.717) is 13.0 Å². The fourth-order valence-corrected chi connectivity index (χ4v) is 3.73. The summed E-state index contributed by atoms with van der Waals surface area (Å²) in [5.41, 5.74) is -0.498. The fourth-order valence-electron chi connectivity index (χ4n) is 3.73. The zero-order chi connectivity index (χ0) is 16.0. The van der Waals surface area contributed by atoms with E-state index in [1.807, 2.05) is 11.8 Å². The van der Waals surface area contributed by atoms with Gasteiger partial charge in [0.05, 0.1) is 5.41 Å². The molecule has 1 atom stereocenters. The lowest BCUT2D eigenvalue weighted by Crippen LogP contribution is -2.47. The average Bonchev–Trinajstić information content (AvgIpc) is 2.60. The second-order valence-electron chi connectivity index (χ2n) is 6.94. The highest BCUT2D eigenvalue weighted by Gasteiger charge is 2.36. The molecule has 2 saturated heterocycles. The minimum Gasteiger partial charge on any atom is -0.385 e. The van der Waals surface area contributed by atoms with Crippen LogP contribution in [0.1, 0.15) is 39.0 Å². The molecule has 1 unspecified atom stereocenters. The van der Waals surface area contributed by atoms with Crippen molar-refractivity contribution >= 4 is 5.91 Å². The van der Waals surface area contributed by atoms with Crippen molar-refractivity contribution in [2.24, 2.45) is 17.3 Å². The zero-order valence-electron chi connectivity index (χ0n) is 14.2. The third-order valence-corrected chi connectivity index (χ3v) is 5.52. The van der Waals surface area contributed by atoms with Crippen LogP contribution >= 0.6 is 0 Å². The number of ether oxygens (including phenoxy) is 2. The van der Waals surface area contributed by atoms with Gasteiger partial charge in [-0.15, -0.1) is 6.58 Å². The molecule has 0 aromatic carbocycles. The van der Waals surface area contributed by atoms with Crippen molar-refractivity contribution in [1.29, 1.82) is 0 Å². The van der Waals surface area contributed by atoms with E-state index < -0.39 is 5.41 Å². The molecule has 2 fully saturated rings. The minimum absolute atomic E-state index is 0.213. The number of hydrogen-bond donors (Lipinski definition) is 0. The van der Waals surface area contributed by atoms with Crippen LogP contribution in [0.15, 0.2) is 12.7 Å². The number of rotatable bonds is 6. The monoisotopic (exact) mass is 309 g/mol. The third-order valence-electron chi connectivity index (χ3n) is 5.52. The number of hydrogen-bond acceptors (Lipinski definition) is 3. The molecule has 0 radical (unpaired) electrons. The number of amides is 1. The van der Waals surface area contributed by atoms with Crippen molar-refractivity contribution in [1.82, 2.24) is 4.90 Å². The molecule has 0 N–H and O–H groups in total. The number of piperidine rings is 1. The van der Waals surface area contributed by atoms with Gasteiger partial charge in [0.1, 0.15) is 0 Å². The summed E-state index contributed by atoms with van der Waals surface area (Å²) in [7, 11) is 1.67. The van der Waals surface area contributed by atoms with E-state index >= 15 is 0 Å². The number of carbonyl (C=O) groups excluding carboxylic acids is 1. The first kappa shape index (κ1) is 17.5. The first-order valence-corrected chi connectivity index (χ1v) is 8.60. The summed E-state index contributed by atoms with van der Waals surface area (Å²) in [5.74, 6) is 1.78. The van der Waals surface area contributed by atoms with Crippen molar-refractivity contribution in [3.8, 4) is 0 Å². The smallest absolute Gasteiger partial charge is 0.232 e. The second-order valence-corrected chi connectivity index (χ2v) is 6.94. The van der Waals surface area contributed by atoms with E-state index in [-0.39, 0.29) is 5.91 Å². The molecule has 4 nitrogen and oxygen atoms in total. The van der Waals surface area contributed by atoms with Gasteiger partial charge in [-0.25, -0.2) is 0 Å². The SMILES string of the molecule is C=CC(C)(CCOC)C(=O)N1CCC(C2CCOCC2)CC1. The molecule has 2 rings (SSSR count). The van der Waals surface area contributed by atoms with Crippen molar-refractivity contribution in [2.45, 2.75) is 39.0 Å². The maximum Gasteiger partial charge on any atom is 0.232 e. The van der Waals surface area contributed by atoms with Crippen LogP contribution in [0, 0.1) is 17.3 Å². The summed E-state index contributed by atoms with van der Waals surface area (Å²) in [5, 5.41) is 0. The normalized spacial score (nSPS) is 24.0. The van der Waals surface area contributed by atoms with Crippen molar-refractivity contribution in [3.63, 3.8) is 0 Å². The molecule has 0 saturated carbocycles. The number of carbonyl (C=O) groups is 1. The first-order chi connectivity index (χ1) is 10.6. The lowest BCUT2D eigenvalue weighted by molar-refractivity contribution is -0.141. The van der Waals surface area contributed by atoms with Crippen molar-refractivity contribution < 1.29 is 14.3 Å². The van der Waals surface area contributed by atoms with Crippen LogP contribution in [0.3, 0.4) is 0 Å². The maximum atomic E-state index is 12.8. The van der Waals surface area contributed by atoms with E-state index in [1.165, 1.54) is 12.8 Å². The van der Waals surface area contributed by atoms with Crippen LogP contribution in [0.2, 0.25) is 0 Å². The molecule has 1 amide bonds. The molecule has 2 aliphatic rings. The molecule has 0 aromatic heterocycles.